The second-order valence-electron chi connectivity index (χ2n) is 8.95. The zero-order valence-corrected chi connectivity index (χ0v) is 21.2. The third kappa shape index (κ3) is 5.23. The number of aryl methyl sites for hydroxylation is 1. The number of aromatic nitrogens is 1. The second kappa shape index (κ2) is 10.5. The molecule has 0 radical (unpaired) electrons. The number of anilines is 1. The Kier molecular flexibility index (Phi) is 6.95. The fraction of sp³-hybridized carbons (Fsp3) is 0.286. The number of piperidine rings is 1. The predicted molar refractivity (Wildman–Crippen MR) is 142 cm³/mol. The van der Waals surface area contributed by atoms with Crippen molar-refractivity contribution in [1.29, 1.82) is 0 Å². The van der Waals surface area contributed by atoms with E-state index in [9.17, 15) is 9.59 Å². The molecule has 1 aliphatic rings. The first-order valence-corrected chi connectivity index (χ1v) is 12.9. The lowest BCUT2D eigenvalue weighted by atomic mass is 10.1. The van der Waals surface area contributed by atoms with Gasteiger partial charge in [-0.15, -0.1) is 11.3 Å². The number of thiophene rings is 1. The lowest BCUT2D eigenvalue weighted by Gasteiger charge is -2.31. The number of nitrogens with zero attached hydrogens (tertiary/aromatic N) is 2. The molecule has 3 heterocycles. The minimum absolute atomic E-state index is 0.114. The van der Waals surface area contributed by atoms with Crippen LogP contribution in [0, 0.1) is 0 Å². The molecule has 0 spiro atoms. The number of carbonyl (C=O) groups excluding carboxylic acids is 2. The zero-order valence-electron chi connectivity index (χ0n) is 20.4. The highest BCUT2D eigenvalue weighted by molar-refractivity contribution is 7.17. The van der Waals surface area contributed by atoms with Gasteiger partial charge in [0.05, 0.1) is 10.2 Å². The molecule has 5 rings (SSSR count). The Hall–Kier alpha value is -3.78. The molecule has 8 heteroatoms. The largest absolute Gasteiger partial charge is 0.490 e. The van der Waals surface area contributed by atoms with Gasteiger partial charge in [-0.25, -0.2) is 0 Å². The third-order valence-electron chi connectivity index (χ3n) is 6.57. The Morgan fingerprint density at radius 3 is 2.47 bits per heavy atom. The van der Waals surface area contributed by atoms with Crippen LogP contribution in [0.2, 0.25) is 0 Å². The first-order chi connectivity index (χ1) is 17.5. The molecule has 0 unspecified atom stereocenters. The molecule has 186 valence electrons. The van der Waals surface area contributed by atoms with Crippen LogP contribution in [0.25, 0.3) is 10.2 Å². The summed E-state index contributed by atoms with van der Waals surface area (Å²) >= 11 is 1.62. The van der Waals surface area contributed by atoms with Gasteiger partial charge in [0.1, 0.15) is 29.9 Å². The third-order valence-corrected chi connectivity index (χ3v) is 7.42. The van der Waals surface area contributed by atoms with Gasteiger partial charge in [0, 0.05) is 51.2 Å². The van der Waals surface area contributed by atoms with Crippen LogP contribution in [0.5, 0.6) is 11.5 Å². The quantitative estimate of drug-likeness (QED) is 0.363. The standard InChI is InChI=1S/C28H29N3O4S/c1-19(32)31-14-11-23(12-15-31)35-22-9-7-21(8-10-22)34-18-20-5-3-4-6-24(20)29-28(33)26-17-27-25(30(26)2)13-16-36-27/h3-10,13,16-17,23H,11-12,14-15,18H2,1-2H3,(H,29,33). The number of rotatable bonds is 7. The summed E-state index contributed by atoms with van der Waals surface area (Å²) < 4.78 is 15.1. The predicted octanol–water partition coefficient (Wildman–Crippen LogP) is 5.46. The van der Waals surface area contributed by atoms with Gasteiger partial charge >= 0.3 is 0 Å². The number of para-hydroxylation sites is 1. The summed E-state index contributed by atoms with van der Waals surface area (Å²) in [7, 11) is 1.90. The molecule has 1 aliphatic heterocycles. The van der Waals surface area contributed by atoms with Crippen LogP contribution in [-0.4, -0.2) is 40.5 Å². The number of nitrogens with one attached hydrogen (secondary N) is 1. The number of amides is 2. The molecule has 2 amide bonds. The van der Waals surface area contributed by atoms with Crippen LogP contribution in [-0.2, 0) is 18.4 Å². The van der Waals surface area contributed by atoms with Crippen LogP contribution >= 0.6 is 11.3 Å². The van der Waals surface area contributed by atoms with Crippen molar-refractivity contribution in [1.82, 2.24) is 9.47 Å². The van der Waals surface area contributed by atoms with Gasteiger partial charge < -0.3 is 24.3 Å². The Labute approximate surface area is 214 Å². The SMILES string of the molecule is CC(=O)N1CCC(Oc2ccc(OCc3ccccc3NC(=O)c3cc4sccc4n3C)cc2)CC1. The van der Waals surface area contributed by atoms with Gasteiger partial charge in [-0.1, -0.05) is 18.2 Å². The van der Waals surface area contributed by atoms with E-state index >= 15 is 0 Å². The molecule has 7 nitrogen and oxygen atoms in total. The summed E-state index contributed by atoms with van der Waals surface area (Å²) in [6, 6.07) is 19.2. The lowest BCUT2D eigenvalue weighted by Crippen LogP contribution is -2.40. The summed E-state index contributed by atoms with van der Waals surface area (Å²) in [6.07, 6.45) is 1.78. The first-order valence-electron chi connectivity index (χ1n) is 12.0. The summed E-state index contributed by atoms with van der Waals surface area (Å²) in [5.74, 6) is 1.48. The fourth-order valence-electron chi connectivity index (χ4n) is 4.48. The van der Waals surface area contributed by atoms with Crippen LogP contribution in [0.3, 0.4) is 0 Å². The van der Waals surface area contributed by atoms with E-state index in [-0.39, 0.29) is 17.9 Å². The molecule has 36 heavy (non-hydrogen) atoms. The van der Waals surface area contributed by atoms with Gasteiger partial charge in [0.15, 0.2) is 0 Å². The fourth-order valence-corrected chi connectivity index (χ4v) is 5.33. The van der Waals surface area contributed by atoms with Gasteiger partial charge in [-0.2, -0.15) is 0 Å². The van der Waals surface area contributed by atoms with Gasteiger partial charge in [0.2, 0.25) is 5.91 Å². The number of carbonyl (C=O) groups is 2. The van der Waals surface area contributed by atoms with Crippen LogP contribution in [0.15, 0.2) is 66.0 Å². The van der Waals surface area contributed by atoms with Crippen LogP contribution < -0.4 is 14.8 Å². The molecule has 0 bridgehead atoms. The van der Waals surface area contributed by atoms with Crippen molar-refractivity contribution in [3.8, 4) is 11.5 Å². The summed E-state index contributed by atoms with van der Waals surface area (Å²) in [5.41, 5.74) is 3.29. The number of hydrogen-bond acceptors (Lipinski definition) is 5. The highest BCUT2D eigenvalue weighted by Gasteiger charge is 2.22. The summed E-state index contributed by atoms with van der Waals surface area (Å²) in [4.78, 5) is 26.3. The smallest absolute Gasteiger partial charge is 0.272 e. The van der Waals surface area contributed by atoms with E-state index in [1.165, 1.54) is 0 Å². The highest BCUT2D eigenvalue weighted by atomic mass is 32.1. The average molecular weight is 504 g/mol. The topological polar surface area (TPSA) is 72.8 Å². The van der Waals surface area contributed by atoms with Crippen LogP contribution in [0.4, 0.5) is 5.69 Å². The van der Waals surface area contributed by atoms with Crippen molar-refractivity contribution in [2.24, 2.45) is 7.05 Å². The van der Waals surface area contributed by atoms with Gasteiger partial charge in [-0.05, 0) is 47.8 Å². The number of hydrogen-bond donors (Lipinski definition) is 1. The van der Waals surface area contributed by atoms with Gasteiger partial charge in [0.25, 0.3) is 5.91 Å². The van der Waals surface area contributed by atoms with Crippen molar-refractivity contribution >= 4 is 39.1 Å². The monoisotopic (exact) mass is 503 g/mol. The molecule has 0 saturated carbocycles. The highest BCUT2D eigenvalue weighted by Crippen LogP contribution is 2.26. The number of fused-ring (bicyclic) bond motifs is 1. The van der Waals surface area contributed by atoms with Crippen molar-refractivity contribution in [2.45, 2.75) is 32.5 Å². The minimum atomic E-state index is -0.149. The van der Waals surface area contributed by atoms with Crippen molar-refractivity contribution < 1.29 is 19.1 Å². The Balaban J connectivity index is 1.18. The Bertz CT molecular complexity index is 1370. The van der Waals surface area contributed by atoms with Crippen molar-refractivity contribution in [3.05, 3.63) is 77.3 Å². The maximum Gasteiger partial charge on any atom is 0.272 e. The molecule has 2 aromatic carbocycles. The maximum atomic E-state index is 13.0. The first kappa shape index (κ1) is 23.9. The van der Waals surface area contributed by atoms with E-state index in [0.717, 1.165) is 58.9 Å². The Morgan fingerprint density at radius 1 is 1.03 bits per heavy atom. The molecule has 1 fully saturated rings. The maximum absolute atomic E-state index is 13.0. The van der Waals surface area contributed by atoms with Gasteiger partial charge in [-0.3, -0.25) is 9.59 Å². The number of likely N-dealkylation sites (tertiary alicyclic amines) is 1. The number of ether oxygens (including phenoxy) is 2. The lowest BCUT2D eigenvalue weighted by molar-refractivity contribution is -0.130. The van der Waals surface area contributed by atoms with Crippen molar-refractivity contribution in [2.75, 3.05) is 18.4 Å². The molecular formula is C28H29N3O4S. The van der Waals surface area contributed by atoms with E-state index in [1.807, 2.05) is 82.6 Å². The van der Waals surface area contributed by atoms with Crippen LogP contribution in [0.1, 0.15) is 35.8 Å². The molecule has 0 aliphatic carbocycles. The molecule has 1 N–H and O–H groups in total. The molecule has 2 aromatic heterocycles. The average Bonchev–Trinajstić information content (AvgIpc) is 3.47. The van der Waals surface area contributed by atoms with Crippen molar-refractivity contribution in [3.63, 3.8) is 0 Å². The second-order valence-corrected chi connectivity index (χ2v) is 9.90. The normalized spacial score (nSPS) is 14.1. The van der Waals surface area contributed by atoms with E-state index < -0.39 is 0 Å². The molecule has 4 aromatic rings. The zero-order chi connectivity index (χ0) is 25.1. The summed E-state index contributed by atoms with van der Waals surface area (Å²) in [5, 5.41) is 5.06. The summed E-state index contributed by atoms with van der Waals surface area (Å²) in [6.45, 7) is 3.40. The van der Waals surface area contributed by atoms with E-state index in [1.54, 1.807) is 18.3 Å². The van der Waals surface area contributed by atoms with E-state index in [2.05, 4.69) is 5.32 Å². The molecular weight excluding hydrogens is 474 g/mol. The van der Waals surface area contributed by atoms with E-state index in [4.69, 9.17) is 9.47 Å². The molecule has 0 atom stereocenters. The molecule has 1 saturated heterocycles. The Morgan fingerprint density at radius 2 is 1.75 bits per heavy atom. The van der Waals surface area contributed by atoms with E-state index in [0.29, 0.717) is 12.3 Å². The number of benzene rings is 2. The minimum Gasteiger partial charge on any atom is -0.490 e.